The number of methoxy groups -OCH3 is 1. The number of carbonyl (C=O) groups excluding carboxylic acids is 1. The third-order valence-electron chi connectivity index (χ3n) is 4.53. The normalized spacial score (nSPS) is 11.2. The third kappa shape index (κ3) is 3.91. The molecule has 0 aliphatic carbocycles. The summed E-state index contributed by atoms with van der Waals surface area (Å²) in [5.74, 6) is -2.39. The van der Waals surface area contributed by atoms with Crippen LogP contribution in [0.5, 0.6) is 5.75 Å². The molecular weight excluding hydrogens is 416 g/mol. The van der Waals surface area contributed by atoms with E-state index in [0.717, 1.165) is 22.8 Å². The smallest absolute Gasteiger partial charge is 0.280 e. The second-order valence-corrected chi connectivity index (χ2v) is 6.47. The van der Waals surface area contributed by atoms with Gasteiger partial charge in [0.2, 0.25) is 0 Å². The quantitative estimate of drug-likeness (QED) is 0.459. The van der Waals surface area contributed by atoms with Crippen LogP contribution in [0.1, 0.15) is 22.5 Å². The Kier molecular flexibility index (Phi) is 5.28. The highest BCUT2D eigenvalue weighted by atomic mass is 19.3. The van der Waals surface area contributed by atoms with E-state index < -0.39 is 29.7 Å². The molecule has 1 N–H and O–H groups in total. The van der Waals surface area contributed by atoms with Crippen LogP contribution in [-0.4, -0.2) is 27.6 Å². The van der Waals surface area contributed by atoms with Gasteiger partial charge in [-0.25, -0.2) is 27.1 Å². The molecule has 0 atom stereocenters. The summed E-state index contributed by atoms with van der Waals surface area (Å²) < 4.78 is 59.8. The van der Waals surface area contributed by atoms with Gasteiger partial charge in [-0.1, -0.05) is 0 Å². The molecule has 0 unspecified atom stereocenters. The van der Waals surface area contributed by atoms with Crippen molar-refractivity contribution in [3.8, 4) is 17.0 Å². The predicted octanol–water partition coefficient (Wildman–Crippen LogP) is 4.87. The number of hydrogen-bond acceptors (Lipinski definition) is 4. The Morgan fingerprint density at radius 1 is 1.06 bits per heavy atom. The Balaban J connectivity index is 1.78. The van der Waals surface area contributed by atoms with Crippen molar-refractivity contribution in [3.05, 3.63) is 77.6 Å². The van der Waals surface area contributed by atoms with Gasteiger partial charge < -0.3 is 10.1 Å². The summed E-state index contributed by atoms with van der Waals surface area (Å²) in [5.41, 5.74) is 0.0447. The Bertz CT molecular complexity index is 1270. The van der Waals surface area contributed by atoms with E-state index in [1.54, 1.807) is 24.3 Å². The summed E-state index contributed by atoms with van der Waals surface area (Å²) in [6, 6.07) is 10.6. The van der Waals surface area contributed by atoms with E-state index >= 15 is 0 Å². The molecule has 158 valence electrons. The fourth-order valence-electron chi connectivity index (χ4n) is 2.98. The van der Waals surface area contributed by atoms with Gasteiger partial charge in [-0.15, -0.1) is 0 Å². The van der Waals surface area contributed by atoms with Gasteiger partial charge >= 0.3 is 0 Å². The second-order valence-electron chi connectivity index (χ2n) is 6.47. The van der Waals surface area contributed by atoms with Crippen LogP contribution in [-0.2, 0) is 0 Å². The van der Waals surface area contributed by atoms with Gasteiger partial charge in [-0.2, -0.15) is 5.10 Å². The molecule has 0 saturated heterocycles. The van der Waals surface area contributed by atoms with Gasteiger partial charge in [0.05, 0.1) is 19.0 Å². The molecule has 1 amide bonds. The number of nitrogens with one attached hydrogen (secondary N) is 1. The zero-order valence-electron chi connectivity index (χ0n) is 15.9. The number of anilines is 1. The van der Waals surface area contributed by atoms with E-state index in [4.69, 9.17) is 4.74 Å². The van der Waals surface area contributed by atoms with Crippen LogP contribution >= 0.6 is 0 Å². The number of aromatic nitrogens is 3. The van der Waals surface area contributed by atoms with Gasteiger partial charge in [0.25, 0.3) is 12.3 Å². The van der Waals surface area contributed by atoms with E-state index in [1.807, 2.05) is 0 Å². The van der Waals surface area contributed by atoms with Crippen LogP contribution in [0.2, 0.25) is 0 Å². The third-order valence-corrected chi connectivity index (χ3v) is 4.53. The molecule has 4 aromatic rings. The molecule has 0 saturated carbocycles. The fourth-order valence-corrected chi connectivity index (χ4v) is 2.98. The molecule has 0 spiro atoms. The van der Waals surface area contributed by atoms with Gasteiger partial charge in [-0.05, 0) is 42.5 Å². The highest BCUT2D eigenvalue weighted by Crippen LogP contribution is 2.28. The number of benzene rings is 2. The lowest BCUT2D eigenvalue weighted by molar-refractivity contribution is 0.102. The minimum absolute atomic E-state index is 0.0105. The first-order valence-electron chi connectivity index (χ1n) is 8.95. The van der Waals surface area contributed by atoms with Gasteiger partial charge in [0.15, 0.2) is 17.3 Å². The number of nitrogens with zero attached hydrogens (tertiary/aromatic N) is 3. The molecular formula is C21H14F4N4O2. The molecule has 0 fully saturated rings. The standard InChI is InChI=1S/C21H14F4N4O2/c1-31-13-5-2-11(3-6-13)17-9-18(19(24)25)29-20(28-17)14(10-26-29)21(30)27-12-4-7-15(22)16(23)8-12/h2-10,19H,1H3,(H,27,30). The van der Waals surface area contributed by atoms with Gasteiger partial charge in [0, 0.05) is 17.3 Å². The summed E-state index contributed by atoms with van der Waals surface area (Å²) in [6.45, 7) is 0. The first-order valence-corrected chi connectivity index (χ1v) is 8.95. The van der Waals surface area contributed by atoms with E-state index in [2.05, 4.69) is 15.4 Å². The van der Waals surface area contributed by atoms with Crippen molar-refractivity contribution in [2.75, 3.05) is 12.4 Å². The van der Waals surface area contributed by atoms with Crippen molar-refractivity contribution in [3.63, 3.8) is 0 Å². The number of alkyl halides is 2. The molecule has 4 rings (SSSR count). The van der Waals surface area contributed by atoms with Crippen LogP contribution in [0.15, 0.2) is 54.7 Å². The largest absolute Gasteiger partial charge is 0.497 e. The second kappa shape index (κ2) is 8.05. The maximum absolute atomic E-state index is 13.7. The van der Waals surface area contributed by atoms with E-state index in [0.29, 0.717) is 11.3 Å². The van der Waals surface area contributed by atoms with Crippen molar-refractivity contribution >= 4 is 17.2 Å². The summed E-state index contributed by atoms with van der Waals surface area (Å²) >= 11 is 0. The lowest BCUT2D eigenvalue weighted by Crippen LogP contribution is -2.13. The van der Waals surface area contributed by atoms with Crippen molar-refractivity contribution in [1.82, 2.24) is 14.6 Å². The Morgan fingerprint density at radius 3 is 2.45 bits per heavy atom. The topological polar surface area (TPSA) is 68.5 Å². The molecule has 6 nitrogen and oxygen atoms in total. The molecule has 0 aliphatic rings. The number of carbonyl (C=O) groups is 1. The van der Waals surface area contributed by atoms with Crippen LogP contribution in [0, 0.1) is 11.6 Å². The Labute approximate surface area is 173 Å². The zero-order chi connectivity index (χ0) is 22.1. The highest BCUT2D eigenvalue weighted by Gasteiger charge is 2.22. The number of ether oxygens (including phenoxy) is 1. The zero-order valence-corrected chi connectivity index (χ0v) is 15.9. The molecule has 31 heavy (non-hydrogen) atoms. The van der Waals surface area contributed by atoms with E-state index in [-0.39, 0.29) is 22.6 Å². The highest BCUT2D eigenvalue weighted by molar-refractivity contribution is 6.08. The fraction of sp³-hybridized carbons (Fsp3) is 0.0952. The summed E-state index contributed by atoms with van der Waals surface area (Å²) in [4.78, 5) is 17.0. The summed E-state index contributed by atoms with van der Waals surface area (Å²) in [6.07, 6.45) is -1.80. The number of hydrogen-bond donors (Lipinski definition) is 1. The first kappa shape index (κ1) is 20.3. The van der Waals surface area contributed by atoms with Crippen LogP contribution in [0.25, 0.3) is 16.9 Å². The monoisotopic (exact) mass is 430 g/mol. The lowest BCUT2D eigenvalue weighted by atomic mass is 10.1. The predicted molar refractivity (Wildman–Crippen MR) is 104 cm³/mol. The average Bonchev–Trinajstić information content (AvgIpc) is 3.19. The molecule has 0 bridgehead atoms. The number of amides is 1. The maximum Gasteiger partial charge on any atom is 0.280 e. The molecule has 0 radical (unpaired) electrons. The number of fused-ring (bicyclic) bond motifs is 1. The average molecular weight is 430 g/mol. The minimum Gasteiger partial charge on any atom is -0.497 e. The maximum atomic E-state index is 13.7. The van der Waals surface area contributed by atoms with Gasteiger partial charge in [0.1, 0.15) is 17.0 Å². The molecule has 10 heteroatoms. The first-order chi connectivity index (χ1) is 14.9. The summed E-state index contributed by atoms with van der Waals surface area (Å²) in [5, 5.41) is 6.24. The van der Waals surface area contributed by atoms with Crippen molar-refractivity contribution in [1.29, 1.82) is 0 Å². The van der Waals surface area contributed by atoms with Crippen LogP contribution < -0.4 is 10.1 Å². The van der Waals surface area contributed by atoms with Crippen molar-refractivity contribution < 1.29 is 27.1 Å². The SMILES string of the molecule is COc1ccc(-c2cc(C(F)F)n3ncc(C(=O)Nc4ccc(F)c(F)c4)c3n2)cc1. The lowest BCUT2D eigenvalue weighted by Gasteiger charge is -2.09. The van der Waals surface area contributed by atoms with Crippen LogP contribution in [0.3, 0.4) is 0 Å². The van der Waals surface area contributed by atoms with Crippen LogP contribution in [0.4, 0.5) is 23.2 Å². The Morgan fingerprint density at radius 2 is 1.81 bits per heavy atom. The van der Waals surface area contributed by atoms with E-state index in [9.17, 15) is 22.4 Å². The Hall–Kier alpha value is -3.95. The molecule has 0 aliphatic heterocycles. The molecule has 2 aromatic heterocycles. The molecule has 2 heterocycles. The van der Waals surface area contributed by atoms with Crippen molar-refractivity contribution in [2.45, 2.75) is 6.43 Å². The van der Waals surface area contributed by atoms with E-state index in [1.165, 1.54) is 19.2 Å². The molecule has 2 aromatic carbocycles. The number of halogens is 4. The van der Waals surface area contributed by atoms with Crippen molar-refractivity contribution in [2.24, 2.45) is 0 Å². The van der Waals surface area contributed by atoms with Gasteiger partial charge in [-0.3, -0.25) is 4.79 Å². The minimum atomic E-state index is -2.88. The summed E-state index contributed by atoms with van der Waals surface area (Å²) in [7, 11) is 1.50. The number of rotatable bonds is 5.